The highest BCUT2D eigenvalue weighted by Crippen LogP contribution is 2.12. The summed E-state index contributed by atoms with van der Waals surface area (Å²) in [6.07, 6.45) is 0. The predicted molar refractivity (Wildman–Crippen MR) is 57.5 cm³/mol. The number of nitrogens with zero attached hydrogens (tertiary/aromatic N) is 3. The Labute approximate surface area is 92.7 Å². The van der Waals surface area contributed by atoms with Crippen LogP contribution in [0.25, 0.3) is 0 Å². The second-order valence-corrected chi connectivity index (χ2v) is 3.54. The standard InChI is InChI=1S/C10H13N5O/c1-7(10-12-14-15-13-10)11-6-8-3-2-4-9(16)5-8/h2-5,7,11,16H,6H2,1H3,(H,12,13,14,15). The highest BCUT2D eigenvalue weighted by Gasteiger charge is 2.08. The number of phenolic OH excluding ortho intramolecular Hbond substituents is 1. The third-order valence-corrected chi connectivity index (χ3v) is 2.27. The summed E-state index contributed by atoms with van der Waals surface area (Å²) in [5.41, 5.74) is 1.01. The van der Waals surface area contributed by atoms with Crippen LogP contribution in [-0.2, 0) is 6.54 Å². The van der Waals surface area contributed by atoms with E-state index in [4.69, 9.17) is 0 Å². The molecule has 6 heteroatoms. The molecule has 1 heterocycles. The number of aromatic amines is 1. The van der Waals surface area contributed by atoms with E-state index in [2.05, 4.69) is 25.9 Å². The Bertz CT molecular complexity index is 442. The van der Waals surface area contributed by atoms with Crippen LogP contribution in [-0.4, -0.2) is 25.7 Å². The monoisotopic (exact) mass is 219 g/mol. The molecule has 0 bridgehead atoms. The van der Waals surface area contributed by atoms with E-state index < -0.39 is 0 Å². The molecule has 16 heavy (non-hydrogen) atoms. The fraction of sp³-hybridized carbons (Fsp3) is 0.300. The lowest BCUT2D eigenvalue weighted by Gasteiger charge is -2.09. The summed E-state index contributed by atoms with van der Waals surface area (Å²) in [5.74, 6) is 0.895. The van der Waals surface area contributed by atoms with Gasteiger partial charge < -0.3 is 10.4 Å². The molecule has 0 aliphatic rings. The molecular formula is C10H13N5O. The van der Waals surface area contributed by atoms with E-state index in [1.807, 2.05) is 19.1 Å². The Morgan fingerprint density at radius 2 is 2.38 bits per heavy atom. The highest BCUT2D eigenvalue weighted by atomic mass is 16.3. The average Bonchev–Trinajstić information content (AvgIpc) is 2.79. The minimum Gasteiger partial charge on any atom is -0.508 e. The average molecular weight is 219 g/mol. The summed E-state index contributed by atoms with van der Waals surface area (Å²) in [5, 5.41) is 26.2. The van der Waals surface area contributed by atoms with E-state index in [0.29, 0.717) is 12.4 Å². The van der Waals surface area contributed by atoms with Crippen LogP contribution in [0.15, 0.2) is 24.3 Å². The molecule has 6 nitrogen and oxygen atoms in total. The smallest absolute Gasteiger partial charge is 0.191 e. The van der Waals surface area contributed by atoms with Gasteiger partial charge in [0.25, 0.3) is 0 Å². The van der Waals surface area contributed by atoms with Gasteiger partial charge in [-0.3, -0.25) is 0 Å². The lowest BCUT2D eigenvalue weighted by molar-refractivity contribution is 0.473. The van der Waals surface area contributed by atoms with E-state index >= 15 is 0 Å². The molecule has 2 aromatic rings. The van der Waals surface area contributed by atoms with Crippen LogP contribution < -0.4 is 5.32 Å². The molecule has 1 unspecified atom stereocenters. The number of phenols is 1. The van der Waals surface area contributed by atoms with Crippen LogP contribution in [0.2, 0.25) is 0 Å². The summed E-state index contributed by atoms with van der Waals surface area (Å²) in [7, 11) is 0. The predicted octanol–water partition coefficient (Wildman–Crippen LogP) is 0.756. The Morgan fingerprint density at radius 3 is 3.06 bits per heavy atom. The van der Waals surface area contributed by atoms with E-state index in [-0.39, 0.29) is 11.8 Å². The van der Waals surface area contributed by atoms with Crippen LogP contribution in [0, 0.1) is 0 Å². The van der Waals surface area contributed by atoms with Gasteiger partial charge in [-0.1, -0.05) is 17.3 Å². The van der Waals surface area contributed by atoms with Crippen LogP contribution in [0.3, 0.4) is 0 Å². The highest BCUT2D eigenvalue weighted by molar-refractivity contribution is 5.26. The molecular weight excluding hydrogens is 206 g/mol. The van der Waals surface area contributed by atoms with E-state index in [1.54, 1.807) is 12.1 Å². The summed E-state index contributed by atoms with van der Waals surface area (Å²) in [4.78, 5) is 0. The van der Waals surface area contributed by atoms with Crippen molar-refractivity contribution in [3.63, 3.8) is 0 Å². The van der Waals surface area contributed by atoms with Crippen molar-refractivity contribution in [2.45, 2.75) is 19.5 Å². The number of aromatic nitrogens is 4. The molecule has 0 saturated heterocycles. The van der Waals surface area contributed by atoms with Crippen LogP contribution in [0.5, 0.6) is 5.75 Å². The molecule has 0 fully saturated rings. The number of rotatable bonds is 4. The molecule has 1 aromatic carbocycles. The molecule has 3 N–H and O–H groups in total. The zero-order chi connectivity index (χ0) is 11.4. The molecule has 2 rings (SSSR count). The number of hydrogen-bond donors (Lipinski definition) is 3. The minimum atomic E-state index is 0.0149. The molecule has 0 aliphatic carbocycles. The van der Waals surface area contributed by atoms with Gasteiger partial charge in [0.15, 0.2) is 5.82 Å². The molecule has 84 valence electrons. The van der Waals surface area contributed by atoms with E-state index in [0.717, 1.165) is 5.56 Å². The van der Waals surface area contributed by atoms with Crippen molar-refractivity contribution in [1.29, 1.82) is 0 Å². The molecule has 0 radical (unpaired) electrons. The summed E-state index contributed by atoms with van der Waals surface area (Å²) in [6.45, 7) is 2.59. The number of aromatic hydroxyl groups is 1. The second kappa shape index (κ2) is 4.71. The minimum absolute atomic E-state index is 0.0149. The molecule has 0 spiro atoms. The summed E-state index contributed by atoms with van der Waals surface area (Å²) < 4.78 is 0. The van der Waals surface area contributed by atoms with Gasteiger partial charge in [0.1, 0.15) is 5.75 Å². The molecule has 1 aromatic heterocycles. The van der Waals surface area contributed by atoms with Gasteiger partial charge in [-0.15, -0.1) is 10.2 Å². The molecule has 1 atom stereocenters. The first-order chi connectivity index (χ1) is 7.75. The molecule has 0 saturated carbocycles. The van der Waals surface area contributed by atoms with Crippen molar-refractivity contribution < 1.29 is 5.11 Å². The lowest BCUT2D eigenvalue weighted by atomic mass is 10.2. The van der Waals surface area contributed by atoms with Gasteiger partial charge in [0, 0.05) is 6.54 Å². The third-order valence-electron chi connectivity index (χ3n) is 2.27. The molecule has 0 aliphatic heterocycles. The van der Waals surface area contributed by atoms with Gasteiger partial charge in [0.05, 0.1) is 6.04 Å². The van der Waals surface area contributed by atoms with Crippen molar-refractivity contribution in [3.8, 4) is 5.75 Å². The maximum absolute atomic E-state index is 9.29. The summed E-state index contributed by atoms with van der Waals surface area (Å²) >= 11 is 0. The van der Waals surface area contributed by atoms with Gasteiger partial charge >= 0.3 is 0 Å². The quantitative estimate of drug-likeness (QED) is 0.706. The SMILES string of the molecule is CC(NCc1cccc(O)c1)c1nn[nH]n1. The normalized spacial score (nSPS) is 12.6. The Balaban J connectivity index is 1.92. The van der Waals surface area contributed by atoms with Gasteiger partial charge in [-0.2, -0.15) is 5.21 Å². The lowest BCUT2D eigenvalue weighted by Crippen LogP contribution is -2.19. The maximum atomic E-state index is 9.29. The second-order valence-electron chi connectivity index (χ2n) is 3.54. The Hall–Kier alpha value is -1.95. The number of nitrogens with one attached hydrogen (secondary N) is 2. The van der Waals surface area contributed by atoms with Crippen molar-refractivity contribution in [2.24, 2.45) is 0 Å². The fourth-order valence-electron chi connectivity index (χ4n) is 1.38. The van der Waals surface area contributed by atoms with Gasteiger partial charge in [0.2, 0.25) is 0 Å². The van der Waals surface area contributed by atoms with E-state index in [1.165, 1.54) is 0 Å². The van der Waals surface area contributed by atoms with Crippen molar-refractivity contribution in [3.05, 3.63) is 35.7 Å². The van der Waals surface area contributed by atoms with Crippen molar-refractivity contribution >= 4 is 0 Å². The number of hydrogen-bond acceptors (Lipinski definition) is 5. The Kier molecular flexibility index (Phi) is 3.11. The molecule has 0 amide bonds. The van der Waals surface area contributed by atoms with Crippen LogP contribution in [0.4, 0.5) is 0 Å². The largest absolute Gasteiger partial charge is 0.508 e. The number of tetrazole rings is 1. The first-order valence-electron chi connectivity index (χ1n) is 5.00. The maximum Gasteiger partial charge on any atom is 0.191 e. The van der Waals surface area contributed by atoms with Gasteiger partial charge in [-0.25, -0.2) is 0 Å². The van der Waals surface area contributed by atoms with Crippen molar-refractivity contribution in [1.82, 2.24) is 25.9 Å². The van der Waals surface area contributed by atoms with E-state index in [9.17, 15) is 5.11 Å². The zero-order valence-corrected chi connectivity index (χ0v) is 8.88. The topological polar surface area (TPSA) is 86.7 Å². The number of H-pyrrole nitrogens is 1. The van der Waals surface area contributed by atoms with Crippen LogP contribution >= 0.6 is 0 Å². The first kappa shape index (κ1) is 10.6. The summed E-state index contributed by atoms with van der Waals surface area (Å²) in [6, 6.07) is 7.13. The van der Waals surface area contributed by atoms with Gasteiger partial charge in [-0.05, 0) is 24.6 Å². The Morgan fingerprint density at radius 1 is 1.50 bits per heavy atom. The number of benzene rings is 1. The van der Waals surface area contributed by atoms with Crippen LogP contribution in [0.1, 0.15) is 24.4 Å². The first-order valence-corrected chi connectivity index (χ1v) is 5.00. The fourth-order valence-corrected chi connectivity index (χ4v) is 1.38. The third kappa shape index (κ3) is 2.54. The van der Waals surface area contributed by atoms with Crippen molar-refractivity contribution in [2.75, 3.05) is 0 Å². The zero-order valence-electron chi connectivity index (χ0n) is 8.88.